The molecule has 1 amide bonds. The predicted octanol–water partition coefficient (Wildman–Crippen LogP) is 1.28. The lowest BCUT2D eigenvalue weighted by Gasteiger charge is -2.34. The first-order chi connectivity index (χ1) is 9.01. The Morgan fingerprint density at radius 1 is 1.16 bits per heavy atom. The normalized spacial score (nSPS) is 17.7. The van der Waals surface area contributed by atoms with E-state index in [1.807, 2.05) is 6.92 Å². The molecule has 112 valence electrons. The number of hydrogen-bond donors (Lipinski definition) is 0. The summed E-state index contributed by atoms with van der Waals surface area (Å²) in [5.74, 6) is 0.880. The molecule has 0 N–H and O–H groups in total. The van der Waals surface area contributed by atoms with Crippen LogP contribution in [0.1, 0.15) is 32.6 Å². The highest BCUT2D eigenvalue weighted by Crippen LogP contribution is 2.11. The first-order valence-corrected chi connectivity index (χ1v) is 8.97. The Hall–Kier alpha value is -0.330. The number of piperazine rings is 1. The molecule has 0 radical (unpaired) electrons. The van der Waals surface area contributed by atoms with Crippen molar-refractivity contribution in [3.05, 3.63) is 0 Å². The minimum Gasteiger partial charge on any atom is -0.340 e. The summed E-state index contributed by atoms with van der Waals surface area (Å²) in [6.45, 7) is 3.70. The molecule has 0 atom stereocenters. The third-order valence-corrected chi connectivity index (χ3v) is 5.56. The molecular weight excluding hydrogens is 288 g/mol. The number of alkyl halides is 1. The number of halogens is 1. The van der Waals surface area contributed by atoms with Crippen LogP contribution in [-0.2, 0) is 14.8 Å². The summed E-state index contributed by atoms with van der Waals surface area (Å²) < 4.78 is 25.3. The van der Waals surface area contributed by atoms with Crippen LogP contribution in [-0.4, -0.2) is 61.3 Å². The zero-order valence-corrected chi connectivity index (χ0v) is 13.0. The van der Waals surface area contributed by atoms with Gasteiger partial charge < -0.3 is 4.90 Å². The van der Waals surface area contributed by atoms with Gasteiger partial charge in [0.05, 0.1) is 5.75 Å². The van der Waals surface area contributed by atoms with Gasteiger partial charge in [-0.2, -0.15) is 4.31 Å². The smallest absolute Gasteiger partial charge is 0.222 e. The number of rotatable bonds is 7. The predicted molar refractivity (Wildman–Crippen MR) is 76.8 cm³/mol. The molecule has 1 aliphatic heterocycles. The third kappa shape index (κ3) is 5.28. The van der Waals surface area contributed by atoms with Crippen molar-refractivity contribution in [1.82, 2.24) is 9.21 Å². The van der Waals surface area contributed by atoms with Gasteiger partial charge in [-0.05, 0) is 19.3 Å². The number of unbranched alkanes of at least 4 members (excludes halogenated alkanes) is 1. The maximum Gasteiger partial charge on any atom is 0.222 e. The van der Waals surface area contributed by atoms with Crippen LogP contribution in [0.5, 0.6) is 0 Å². The van der Waals surface area contributed by atoms with Crippen LogP contribution >= 0.6 is 11.6 Å². The fourth-order valence-electron chi connectivity index (χ4n) is 2.13. The highest BCUT2D eigenvalue weighted by molar-refractivity contribution is 7.89. The van der Waals surface area contributed by atoms with Crippen LogP contribution in [0.25, 0.3) is 0 Å². The lowest BCUT2D eigenvalue weighted by Crippen LogP contribution is -2.51. The Bertz CT molecular complexity index is 378. The Morgan fingerprint density at radius 3 is 2.32 bits per heavy atom. The quantitative estimate of drug-likeness (QED) is 0.526. The molecule has 1 heterocycles. The lowest BCUT2D eigenvalue weighted by molar-refractivity contribution is -0.132. The Labute approximate surface area is 120 Å². The number of sulfonamides is 1. The molecule has 1 aliphatic rings. The molecule has 1 rings (SSSR count). The molecule has 0 bridgehead atoms. The molecule has 1 saturated heterocycles. The van der Waals surface area contributed by atoms with E-state index in [1.54, 1.807) is 4.90 Å². The number of hydrogen-bond acceptors (Lipinski definition) is 3. The second-order valence-electron chi connectivity index (χ2n) is 4.74. The molecule has 5 nitrogen and oxygen atoms in total. The Balaban J connectivity index is 2.38. The van der Waals surface area contributed by atoms with Gasteiger partial charge in [-0.25, -0.2) is 8.42 Å². The Morgan fingerprint density at radius 2 is 1.79 bits per heavy atom. The molecule has 0 aromatic rings. The summed E-state index contributed by atoms with van der Waals surface area (Å²) >= 11 is 5.57. The molecule has 19 heavy (non-hydrogen) atoms. The molecular formula is C12H23ClN2O3S. The van der Waals surface area contributed by atoms with E-state index in [0.717, 1.165) is 12.8 Å². The van der Waals surface area contributed by atoms with Gasteiger partial charge in [0.2, 0.25) is 15.9 Å². The van der Waals surface area contributed by atoms with Crippen molar-refractivity contribution >= 4 is 27.5 Å². The van der Waals surface area contributed by atoms with E-state index in [4.69, 9.17) is 11.6 Å². The van der Waals surface area contributed by atoms with Crippen LogP contribution in [0.3, 0.4) is 0 Å². The zero-order valence-electron chi connectivity index (χ0n) is 11.5. The number of carbonyl (C=O) groups excluding carboxylic acids is 1. The van der Waals surface area contributed by atoms with Gasteiger partial charge in [0.25, 0.3) is 0 Å². The SMILES string of the molecule is CCCS(=O)(=O)N1CCN(C(=O)CCCCCl)CC1. The van der Waals surface area contributed by atoms with E-state index in [0.29, 0.717) is 44.9 Å². The van der Waals surface area contributed by atoms with E-state index >= 15 is 0 Å². The lowest BCUT2D eigenvalue weighted by atomic mass is 10.2. The van der Waals surface area contributed by atoms with E-state index in [9.17, 15) is 13.2 Å². The first kappa shape index (κ1) is 16.7. The van der Waals surface area contributed by atoms with Crippen LogP contribution < -0.4 is 0 Å². The molecule has 7 heteroatoms. The van der Waals surface area contributed by atoms with Crippen molar-refractivity contribution in [2.24, 2.45) is 0 Å². The minimum atomic E-state index is -3.13. The topological polar surface area (TPSA) is 57.7 Å². The number of amides is 1. The fourth-order valence-corrected chi connectivity index (χ4v) is 3.81. The zero-order chi connectivity index (χ0) is 14.3. The van der Waals surface area contributed by atoms with Crippen LogP contribution in [0.4, 0.5) is 0 Å². The summed E-state index contributed by atoms with van der Waals surface area (Å²) in [6, 6.07) is 0. The standard InChI is InChI=1S/C12H23ClN2O3S/c1-2-11-19(17,18)15-9-7-14(8-10-15)12(16)5-3-4-6-13/h2-11H2,1H3. The average molecular weight is 311 g/mol. The molecule has 1 fully saturated rings. The number of carbonyl (C=O) groups is 1. The molecule has 0 aromatic carbocycles. The third-order valence-electron chi connectivity index (χ3n) is 3.22. The van der Waals surface area contributed by atoms with E-state index in [1.165, 1.54) is 4.31 Å². The van der Waals surface area contributed by atoms with Crippen molar-refractivity contribution in [3.8, 4) is 0 Å². The average Bonchev–Trinajstić information content (AvgIpc) is 2.39. The summed E-state index contributed by atoms with van der Waals surface area (Å²) in [5.41, 5.74) is 0. The maximum atomic E-state index is 11.9. The van der Waals surface area contributed by atoms with E-state index in [-0.39, 0.29) is 11.7 Å². The largest absolute Gasteiger partial charge is 0.340 e. The van der Waals surface area contributed by atoms with Crippen LogP contribution in [0.15, 0.2) is 0 Å². The summed E-state index contributed by atoms with van der Waals surface area (Å²) in [6.07, 6.45) is 2.78. The highest BCUT2D eigenvalue weighted by Gasteiger charge is 2.27. The van der Waals surface area contributed by atoms with Gasteiger partial charge in [-0.3, -0.25) is 4.79 Å². The summed E-state index contributed by atoms with van der Waals surface area (Å²) in [7, 11) is -3.13. The van der Waals surface area contributed by atoms with Crippen molar-refractivity contribution in [1.29, 1.82) is 0 Å². The summed E-state index contributed by atoms with van der Waals surface area (Å²) in [4.78, 5) is 13.6. The summed E-state index contributed by atoms with van der Waals surface area (Å²) in [5, 5.41) is 0. The first-order valence-electron chi connectivity index (χ1n) is 6.83. The van der Waals surface area contributed by atoms with E-state index in [2.05, 4.69) is 0 Å². The van der Waals surface area contributed by atoms with E-state index < -0.39 is 10.0 Å². The molecule has 0 unspecified atom stereocenters. The Kier molecular flexibility index (Phi) is 7.10. The van der Waals surface area contributed by atoms with Crippen molar-refractivity contribution in [2.45, 2.75) is 32.6 Å². The second kappa shape index (κ2) is 8.07. The molecule has 0 aromatic heterocycles. The van der Waals surface area contributed by atoms with Gasteiger partial charge in [-0.1, -0.05) is 6.92 Å². The van der Waals surface area contributed by atoms with Crippen molar-refractivity contribution in [3.63, 3.8) is 0 Å². The minimum absolute atomic E-state index is 0.109. The van der Waals surface area contributed by atoms with Gasteiger partial charge in [0.1, 0.15) is 0 Å². The van der Waals surface area contributed by atoms with Gasteiger partial charge in [0.15, 0.2) is 0 Å². The maximum absolute atomic E-state index is 11.9. The van der Waals surface area contributed by atoms with Gasteiger partial charge in [-0.15, -0.1) is 11.6 Å². The van der Waals surface area contributed by atoms with Crippen LogP contribution in [0, 0.1) is 0 Å². The monoisotopic (exact) mass is 310 g/mol. The second-order valence-corrected chi connectivity index (χ2v) is 7.21. The molecule has 0 aliphatic carbocycles. The highest BCUT2D eigenvalue weighted by atomic mass is 35.5. The van der Waals surface area contributed by atoms with Crippen molar-refractivity contribution in [2.75, 3.05) is 37.8 Å². The van der Waals surface area contributed by atoms with Gasteiger partial charge >= 0.3 is 0 Å². The fraction of sp³-hybridized carbons (Fsp3) is 0.917. The molecule has 0 spiro atoms. The van der Waals surface area contributed by atoms with Crippen molar-refractivity contribution < 1.29 is 13.2 Å². The van der Waals surface area contributed by atoms with Gasteiger partial charge in [0, 0.05) is 38.5 Å². The molecule has 0 saturated carbocycles. The number of nitrogens with zero attached hydrogens (tertiary/aromatic N) is 2. The van der Waals surface area contributed by atoms with Crippen LogP contribution in [0.2, 0.25) is 0 Å².